The minimum atomic E-state index is -2.61. The molecule has 0 saturated carbocycles. The van der Waals surface area contributed by atoms with E-state index >= 15 is 0 Å². The van der Waals surface area contributed by atoms with E-state index in [2.05, 4.69) is 0 Å². The first-order valence-electron chi connectivity index (χ1n) is 6.90. The van der Waals surface area contributed by atoms with Crippen molar-refractivity contribution >= 4 is 5.97 Å². The van der Waals surface area contributed by atoms with Crippen molar-refractivity contribution in [2.75, 3.05) is 0 Å². The lowest BCUT2D eigenvalue weighted by molar-refractivity contribution is -0.314. The number of carbonyl (C=O) groups is 1. The summed E-state index contributed by atoms with van der Waals surface area (Å²) in [7, 11) is 0. The minimum Gasteiger partial charge on any atom is -0.550 e. The van der Waals surface area contributed by atoms with Crippen LogP contribution in [0.4, 0.5) is 13.2 Å². The Morgan fingerprint density at radius 3 is 2.00 bits per heavy atom. The Balaban J connectivity index is 2.18. The molecule has 0 amide bonds. The van der Waals surface area contributed by atoms with Crippen LogP contribution in [-0.4, -0.2) is 11.1 Å². The first-order chi connectivity index (χ1) is 10.9. The summed E-state index contributed by atoms with van der Waals surface area (Å²) in [6.07, 6.45) is -4.09. The van der Waals surface area contributed by atoms with Crippen LogP contribution in [0.15, 0.2) is 48.5 Å². The zero-order valence-electron chi connectivity index (χ0n) is 12.0. The molecule has 0 bridgehead atoms. The van der Waals surface area contributed by atoms with E-state index < -0.39 is 30.2 Å². The predicted molar refractivity (Wildman–Crippen MR) is 75.0 cm³/mol. The summed E-state index contributed by atoms with van der Waals surface area (Å²) >= 11 is 0. The van der Waals surface area contributed by atoms with E-state index in [1.165, 1.54) is 36.4 Å². The zero-order chi connectivity index (χ0) is 17.0. The molecular weight excluding hydrogens is 309 g/mol. The van der Waals surface area contributed by atoms with Crippen molar-refractivity contribution in [2.45, 2.75) is 19.0 Å². The largest absolute Gasteiger partial charge is 0.550 e. The van der Waals surface area contributed by atoms with E-state index in [1.807, 2.05) is 0 Å². The number of rotatable bonds is 6. The van der Waals surface area contributed by atoms with Gasteiger partial charge in [-0.3, -0.25) is 0 Å². The van der Waals surface area contributed by atoms with Crippen LogP contribution >= 0.6 is 0 Å². The molecule has 3 nitrogen and oxygen atoms in total. The van der Waals surface area contributed by atoms with Gasteiger partial charge in [0.2, 0.25) is 0 Å². The molecule has 2 aromatic carbocycles. The maximum Gasteiger partial charge on any atom is 0.263 e. The number of aliphatic hydroxyl groups is 1. The molecule has 0 heterocycles. The summed E-state index contributed by atoms with van der Waals surface area (Å²) in [5, 5.41) is 21.5. The van der Waals surface area contributed by atoms with Crippen LogP contribution in [-0.2, 0) is 11.2 Å². The van der Waals surface area contributed by atoms with Gasteiger partial charge in [-0.2, -0.15) is 0 Å². The molecule has 2 aromatic rings. The van der Waals surface area contributed by atoms with Gasteiger partial charge in [0, 0.05) is 17.5 Å². The SMILES string of the molecule is O=C([O-])C(Cc1ccc(C(F)F)cc1)C(O)c1ccc(F)cc1. The average molecular weight is 323 g/mol. The van der Waals surface area contributed by atoms with E-state index in [9.17, 15) is 28.2 Å². The molecule has 0 radical (unpaired) electrons. The van der Waals surface area contributed by atoms with Gasteiger partial charge >= 0.3 is 0 Å². The van der Waals surface area contributed by atoms with Crippen molar-refractivity contribution in [2.24, 2.45) is 5.92 Å². The molecule has 0 aromatic heterocycles. The zero-order valence-corrected chi connectivity index (χ0v) is 12.0. The van der Waals surface area contributed by atoms with Crippen LogP contribution in [0.25, 0.3) is 0 Å². The molecule has 122 valence electrons. The van der Waals surface area contributed by atoms with Gasteiger partial charge in [-0.25, -0.2) is 13.2 Å². The number of benzene rings is 2. The standard InChI is InChI=1S/C17H15F3O3/c18-13-7-5-11(6-8-13)15(21)14(17(22)23)9-10-1-3-12(4-2-10)16(19)20/h1-8,14-16,21H,9H2,(H,22,23)/p-1. The Bertz CT molecular complexity index is 654. The van der Waals surface area contributed by atoms with Gasteiger partial charge in [-0.1, -0.05) is 36.4 Å². The van der Waals surface area contributed by atoms with E-state index in [0.29, 0.717) is 5.56 Å². The van der Waals surface area contributed by atoms with Crippen LogP contribution in [0.3, 0.4) is 0 Å². The number of alkyl halides is 2. The molecule has 0 spiro atoms. The first kappa shape index (κ1) is 17.0. The van der Waals surface area contributed by atoms with Gasteiger partial charge in [0.1, 0.15) is 5.82 Å². The van der Waals surface area contributed by atoms with Crippen molar-refractivity contribution in [3.05, 3.63) is 71.0 Å². The van der Waals surface area contributed by atoms with Crippen LogP contribution in [0.5, 0.6) is 0 Å². The lowest BCUT2D eigenvalue weighted by Gasteiger charge is -2.24. The lowest BCUT2D eigenvalue weighted by atomic mass is 9.89. The van der Waals surface area contributed by atoms with Crippen LogP contribution in [0, 0.1) is 11.7 Å². The quantitative estimate of drug-likeness (QED) is 0.888. The van der Waals surface area contributed by atoms with Gasteiger partial charge in [0.05, 0.1) is 6.10 Å². The molecule has 23 heavy (non-hydrogen) atoms. The highest BCUT2D eigenvalue weighted by Gasteiger charge is 2.23. The molecule has 2 unspecified atom stereocenters. The normalized spacial score (nSPS) is 13.8. The summed E-state index contributed by atoms with van der Waals surface area (Å²) < 4.78 is 37.9. The van der Waals surface area contributed by atoms with Crippen LogP contribution in [0.1, 0.15) is 29.2 Å². The Morgan fingerprint density at radius 2 is 1.52 bits per heavy atom. The van der Waals surface area contributed by atoms with Crippen molar-refractivity contribution in [1.82, 2.24) is 0 Å². The fourth-order valence-corrected chi connectivity index (χ4v) is 2.27. The van der Waals surface area contributed by atoms with Crippen molar-refractivity contribution in [3.63, 3.8) is 0 Å². The van der Waals surface area contributed by atoms with Crippen molar-refractivity contribution < 1.29 is 28.2 Å². The van der Waals surface area contributed by atoms with Gasteiger partial charge < -0.3 is 15.0 Å². The van der Waals surface area contributed by atoms with E-state index in [4.69, 9.17) is 0 Å². The van der Waals surface area contributed by atoms with E-state index in [1.54, 1.807) is 0 Å². The van der Waals surface area contributed by atoms with Gasteiger partial charge in [-0.05, 0) is 29.7 Å². The monoisotopic (exact) mass is 323 g/mol. The van der Waals surface area contributed by atoms with E-state index in [-0.39, 0.29) is 17.5 Å². The Kier molecular flexibility index (Phi) is 5.39. The number of carbonyl (C=O) groups excluding carboxylic acids is 1. The highest BCUT2D eigenvalue weighted by atomic mass is 19.3. The summed E-state index contributed by atoms with van der Waals surface area (Å²) in [5.41, 5.74) is 0.549. The molecule has 1 N–H and O–H groups in total. The number of carboxylic acid groups (broad SMARTS) is 1. The Morgan fingerprint density at radius 1 is 1.00 bits per heavy atom. The second-order valence-corrected chi connectivity index (χ2v) is 5.17. The van der Waals surface area contributed by atoms with Crippen molar-refractivity contribution in [1.29, 1.82) is 0 Å². The highest BCUT2D eigenvalue weighted by Crippen LogP contribution is 2.26. The number of hydrogen-bond acceptors (Lipinski definition) is 3. The maximum absolute atomic E-state index is 12.9. The van der Waals surface area contributed by atoms with Gasteiger partial charge in [0.25, 0.3) is 6.43 Å². The smallest absolute Gasteiger partial charge is 0.263 e. The number of carboxylic acids is 1. The first-order valence-corrected chi connectivity index (χ1v) is 6.90. The third-order valence-corrected chi connectivity index (χ3v) is 3.58. The Hall–Kier alpha value is -2.34. The molecule has 0 fully saturated rings. The van der Waals surface area contributed by atoms with Gasteiger partial charge in [0.15, 0.2) is 0 Å². The second kappa shape index (κ2) is 7.28. The molecule has 0 aliphatic carbocycles. The summed E-state index contributed by atoms with van der Waals surface area (Å²) in [5.74, 6) is -3.26. The number of halogens is 3. The molecule has 0 aliphatic heterocycles. The fourth-order valence-electron chi connectivity index (χ4n) is 2.27. The summed E-state index contributed by atoms with van der Waals surface area (Å²) in [6, 6.07) is 9.98. The molecule has 6 heteroatoms. The predicted octanol–water partition coefficient (Wildman–Crippen LogP) is 2.41. The third-order valence-electron chi connectivity index (χ3n) is 3.58. The van der Waals surface area contributed by atoms with Crippen LogP contribution < -0.4 is 5.11 Å². The van der Waals surface area contributed by atoms with Crippen molar-refractivity contribution in [3.8, 4) is 0 Å². The number of hydrogen-bond donors (Lipinski definition) is 1. The Labute approximate surface area is 131 Å². The molecule has 0 saturated heterocycles. The summed E-state index contributed by atoms with van der Waals surface area (Å²) in [4.78, 5) is 11.3. The lowest BCUT2D eigenvalue weighted by Crippen LogP contribution is -2.36. The summed E-state index contributed by atoms with van der Waals surface area (Å²) in [6.45, 7) is 0. The second-order valence-electron chi connectivity index (χ2n) is 5.17. The number of aliphatic carboxylic acids is 1. The highest BCUT2D eigenvalue weighted by molar-refractivity contribution is 5.69. The third kappa shape index (κ3) is 4.32. The molecular formula is C17H14F3O3-. The van der Waals surface area contributed by atoms with Crippen LogP contribution in [0.2, 0.25) is 0 Å². The minimum absolute atomic E-state index is 0.0929. The average Bonchev–Trinajstić information content (AvgIpc) is 2.53. The topological polar surface area (TPSA) is 60.4 Å². The maximum atomic E-state index is 12.9. The van der Waals surface area contributed by atoms with Gasteiger partial charge in [-0.15, -0.1) is 0 Å². The molecule has 2 rings (SSSR count). The fraction of sp³-hybridized carbons (Fsp3) is 0.235. The van der Waals surface area contributed by atoms with E-state index in [0.717, 1.165) is 12.1 Å². The molecule has 2 atom stereocenters. The molecule has 0 aliphatic rings. The number of aliphatic hydroxyl groups excluding tert-OH is 1.